The fourth-order valence-corrected chi connectivity index (χ4v) is 3.25. The van der Waals surface area contributed by atoms with Crippen LogP contribution in [-0.4, -0.2) is 33.0 Å². The van der Waals surface area contributed by atoms with Crippen LogP contribution in [0.3, 0.4) is 0 Å². The van der Waals surface area contributed by atoms with E-state index in [4.69, 9.17) is 9.68 Å². The van der Waals surface area contributed by atoms with Gasteiger partial charge in [-0.15, -0.1) is 0 Å². The number of aromatic nitrogens is 2. The Kier molecular flexibility index (Phi) is 4.64. The second-order valence-corrected chi connectivity index (χ2v) is 6.46. The van der Waals surface area contributed by atoms with Gasteiger partial charge in [0.15, 0.2) is 0 Å². The van der Waals surface area contributed by atoms with Gasteiger partial charge in [0.2, 0.25) is 5.91 Å². The molecule has 0 aliphatic carbocycles. The summed E-state index contributed by atoms with van der Waals surface area (Å²) in [4.78, 5) is 27.3. The lowest BCUT2D eigenvalue weighted by Crippen LogP contribution is -2.47. The summed E-state index contributed by atoms with van der Waals surface area (Å²) in [6, 6.07) is 13.3. The summed E-state index contributed by atoms with van der Waals surface area (Å²) < 4.78 is 6.88. The fourth-order valence-electron chi connectivity index (χ4n) is 3.25. The molecule has 2 aromatic heterocycles. The number of fused-ring (bicyclic) bond motifs is 1. The molecule has 1 unspecified atom stereocenters. The zero-order valence-electron chi connectivity index (χ0n) is 14.9. The second-order valence-electron chi connectivity index (χ2n) is 6.46. The molecule has 1 aromatic carbocycles. The van der Waals surface area contributed by atoms with Crippen LogP contribution in [0.15, 0.2) is 59.3 Å². The monoisotopic (exact) mass is 375 g/mol. The highest BCUT2D eigenvalue weighted by molar-refractivity contribution is 5.95. The Balaban J connectivity index is 1.54. The first-order valence-electron chi connectivity index (χ1n) is 8.77. The van der Waals surface area contributed by atoms with Gasteiger partial charge >= 0.3 is 0 Å². The second kappa shape index (κ2) is 7.40. The van der Waals surface area contributed by atoms with Crippen LogP contribution in [0.1, 0.15) is 33.4 Å². The van der Waals surface area contributed by atoms with Gasteiger partial charge in [0.05, 0.1) is 43.2 Å². The lowest BCUT2D eigenvalue weighted by atomic mass is 10.1. The van der Waals surface area contributed by atoms with Crippen molar-refractivity contribution in [1.82, 2.24) is 20.0 Å². The summed E-state index contributed by atoms with van der Waals surface area (Å²) in [7, 11) is 0. The molecule has 1 aliphatic heterocycles. The van der Waals surface area contributed by atoms with Crippen LogP contribution in [0.2, 0.25) is 0 Å². The van der Waals surface area contributed by atoms with Crippen LogP contribution in [0.25, 0.3) is 0 Å². The largest absolute Gasteiger partial charge is 0.467 e. The van der Waals surface area contributed by atoms with Crippen LogP contribution in [-0.2, 0) is 17.9 Å². The van der Waals surface area contributed by atoms with Crippen molar-refractivity contribution in [3.63, 3.8) is 0 Å². The molecule has 2 amide bonds. The number of nitrogens with zero attached hydrogens (tertiary/aromatic N) is 4. The maximum atomic E-state index is 13.0. The van der Waals surface area contributed by atoms with Crippen LogP contribution in [0.5, 0.6) is 0 Å². The molecular weight excluding hydrogens is 358 g/mol. The van der Waals surface area contributed by atoms with Crippen molar-refractivity contribution in [1.29, 1.82) is 5.26 Å². The van der Waals surface area contributed by atoms with E-state index in [1.807, 2.05) is 6.07 Å². The van der Waals surface area contributed by atoms with Crippen LogP contribution >= 0.6 is 0 Å². The minimum absolute atomic E-state index is 0.189. The number of hydrogen-bond donors (Lipinski definition) is 1. The van der Waals surface area contributed by atoms with Gasteiger partial charge in [-0.25, -0.2) is 0 Å². The number of amides is 2. The van der Waals surface area contributed by atoms with E-state index in [-0.39, 0.29) is 24.9 Å². The summed E-state index contributed by atoms with van der Waals surface area (Å²) in [6.07, 6.45) is 3.16. The lowest BCUT2D eigenvalue weighted by molar-refractivity contribution is -0.125. The van der Waals surface area contributed by atoms with E-state index in [9.17, 15) is 9.59 Å². The van der Waals surface area contributed by atoms with Crippen LogP contribution in [0, 0.1) is 11.3 Å². The Morgan fingerprint density at radius 1 is 1.29 bits per heavy atom. The van der Waals surface area contributed by atoms with Crippen molar-refractivity contribution in [2.75, 3.05) is 6.54 Å². The highest BCUT2D eigenvalue weighted by Crippen LogP contribution is 2.22. The minimum atomic E-state index is -0.642. The number of furan rings is 1. The van der Waals surface area contributed by atoms with Gasteiger partial charge in [0.1, 0.15) is 11.8 Å². The summed E-state index contributed by atoms with van der Waals surface area (Å²) >= 11 is 0. The van der Waals surface area contributed by atoms with Crippen molar-refractivity contribution in [2.45, 2.75) is 19.1 Å². The van der Waals surface area contributed by atoms with Gasteiger partial charge in [-0.2, -0.15) is 10.4 Å². The molecule has 0 saturated carbocycles. The average molecular weight is 375 g/mol. The Morgan fingerprint density at radius 2 is 2.18 bits per heavy atom. The molecule has 0 saturated heterocycles. The van der Waals surface area contributed by atoms with E-state index in [0.717, 1.165) is 5.69 Å². The fraction of sp³-hybridized carbons (Fsp3) is 0.200. The number of nitrogens with one attached hydrogen (secondary N) is 1. The number of carbonyl (C=O) groups excluding carboxylic acids is 2. The third-order valence-electron chi connectivity index (χ3n) is 4.64. The number of rotatable bonds is 4. The summed E-state index contributed by atoms with van der Waals surface area (Å²) in [6.45, 7) is 0.795. The molecule has 3 heterocycles. The quantitative estimate of drug-likeness (QED) is 0.749. The van der Waals surface area contributed by atoms with Gasteiger partial charge in [-0.3, -0.25) is 14.3 Å². The molecule has 1 N–H and O–H groups in total. The third kappa shape index (κ3) is 3.38. The molecule has 1 aliphatic rings. The number of nitriles is 1. The Labute approximate surface area is 161 Å². The normalized spacial score (nSPS) is 15.5. The maximum absolute atomic E-state index is 13.0. The topological polar surface area (TPSA) is 104 Å². The van der Waals surface area contributed by atoms with Crippen molar-refractivity contribution in [2.24, 2.45) is 0 Å². The molecule has 1 atom stereocenters. The standard InChI is InChI=1S/C20H17N5O3/c21-10-14-3-1-4-15(9-14)20(27)24-12-16-6-7-23-25(16)18(13-24)19(26)22-11-17-5-2-8-28-17/h1-9,18H,11-13H2,(H,22,26). The molecule has 140 valence electrons. The molecule has 4 rings (SSSR count). The molecular formula is C20H17N5O3. The van der Waals surface area contributed by atoms with E-state index in [1.165, 1.54) is 0 Å². The van der Waals surface area contributed by atoms with E-state index in [2.05, 4.69) is 10.4 Å². The molecule has 8 heteroatoms. The first-order valence-corrected chi connectivity index (χ1v) is 8.77. The van der Waals surface area contributed by atoms with E-state index in [0.29, 0.717) is 23.4 Å². The van der Waals surface area contributed by atoms with Crippen molar-refractivity contribution >= 4 is 11.8 Å². The zero-order valence-corrected chi connectivity index (χ0v) is 14.9. The average Bonchev–Trinajstić information content (AvgIpc) is 3.42. The van der Waals surface area contributed by atoms with Gasteiger partial charge in [0, 0.05) is 11.8 Å². The SMILES string of the molecule is N#Cc1cccc(C(=O)N2Cc3ccnn3C(C(=O)NCc3ccco3)C2)c1. The first-order chi connectivity index (χ1) is 13.7. The molecule has 0 bridgehead atoms. The zero-order chi connectivity index (χ0) is 19.5. The first kappa shape index (κ1) is 17.5. The highest BCUT2D eigenvalue weighted by Gasteiger charge is 2.33. The predicted octanol–water partition coefficient (Wildman–Crippen LogP) is 1.86. The third-order valence-corrected chi connectivity index (χ3v) is 4.64. The molecule has 0 spiro atoms. The van der Waals surface area contributed by atoms with Crippen LogP contribution in [0.4, 0.5) is 0 Å². The predicted molar refractivity (Wildman–Crippen MR) is 97.7 cm³/mol. The summed E-state index contributed by atoms with van der Waals surface area (Å²) in [5, 5.41) is 16.1. The van der Waals surface area contributed by atoms with Gasteiger partial charge in [-0.1, -0.05) is 6.07 Å². The van der Waals surface area contributed by atoms with Gasteiger partial charge in [0.25, 0.3) is 5.91 Å². The molecule has 3 aromatic rings. The van der Waals surface area contributed by atoms with Gasteiger partial charge < -0.3 is 14.6 Å². The Morgan fingerprint density at radius 3 is 2.96 bits per heavy atom. The van der Waals surface area contributed by atoms with E-state index >= 15 is 0 Å². The van der Waals surface area contributed by atoms with Crippen molar-refractivity contribution < 1.29 is 14.0 Å². The highest BCUT2D eigenvalue weighted by atomic mass is 16.3. The minimum Gasteiger partial charge on any atom is -0.467 e. The number of carbonyl (C=O) groups is 2. The molecule has 0 fully saturated rings. The molecule has 0 radical (unpaired) electrons. The number of benzene rings is 1. The smallest absolute Gasteiger partial charge is 0.254 e. The summed E-state index contributed by atoms with van der Waals surface area (Å²) in [5.74, 6) is 0.170. The molecule has 28 heavy (non-hydrogen) atoms. The molecule has 8 nitrogen and oxygen atoms in total. The lowest BCUT2D eigenvalue weighted by Gasteiger charge is -2.33. The Bertz CT molecular complexity index is 1050. The van der Waals surface area contributed by atoms with E-state index in [1.54, 1.807) is 64.5 Å². The van der Waals surface area contributed by atoms with Crippen LogP contribution < -0.4 is 5.32 Å². The Hall–Kier alpha value is -3.86. The van der Waals surface area contributed by atoms with E-state index < -0.39 is 6.04 Å². The van der Waals surface area contributed by atoms with Gasteiger partial charge in [-0.05, 0) is 36.4 Å². The number of hydrogen-bond acceptors (Lipinski definition) is 5. The maximum Gasteiger partial charge on any atom is 0.254 e. The van der Waals surface area contributed by atoms with Crippen molar-refractivity contribution in [3.8, 4) is 6.07 Å². The van der Waals surface area contributed by atoms with Crippen molar-refractivity contribution in [3.05, 3.63) is 77.5 Å². The summed E-state index contributed by atoms with van der Waals surface area (Å²) in [5.41, 5.74) is 1.61.